The second kappa shape index (κ2) is 10.7. The van der Waals surface area contributed by atoms with E-state index >= 15 is 0 Å². The maximum Gasteiger partial charge on any atom is 0.508 e. The first-order chi connectivity index (χ1) is 12.7. The monoisotopic (exact) mass is 376 g/mol. The molecule has 0 unspecified atom stereocenters. The van der Waals surface area contributed by atoms with Crippen LogP contribution in [0.2, 0.25) is 5.02 Å². The number of carbonyl (C=O) groups excluding carboxylic acids is 1. The topological polar surface area (TPSA) is 53.4 Å². The number of nitrogens with zero attached hydrogens (tertiary/aromatic N) is 2. The molecule has 5 nitrogen and oxygen atoms in total. The molecule has 1 aromatic carbocycles. The first kappa shape index (κ1) is 20.0. The number of benzene rings is 1. The first-order valence-corrected chi connectivity index (χ1v) is 9.27. The molecule has 0 amide bonds. The maximum atomic E-state index is 11.2. The number of hydrogen-bond acceptors (Lipinski definition) is 4. The summed E-state index contributed by atoms with van der Waals surface area (Å²) in [7, 11) is 0. The molecule has 1 heterocycles. The molecule has 2 aromatic rings. The van der Waals surface area contributed by atoms with Crippen LogP contribution >= 0.6 is 11.6 Å². The smallest absolute Gasteiger partial charge is 0.435 e. The Bertz CT molecular complexity index is 740. The Kier molecular flexibility index (Phi) is 8.22. The van der Waals surface area contributed by atoms with Gasteiger partial charge in [0.1, 0.15) is 12.4 Å². The average Bonchev–Trinajstić information content (AvgIpc) is 3.01. The van der Waals surface area contributed by atoms with Gasteiger partial charge in [-0.15, -0.1) is 0 Å². The fourth-order valence-electron chi connectivity index (χ4n) is 2.52. The van der Waals surface area contributed by atoms with Gasteiger partial charge in [-0.25, -0.2) is 9.78 Å². The zero-order valence-corrected chi connectivity index (χ0v) is 16.0. The molecule has 0 fully saturated rings. The number of rotatable bonds is 9. The Hall–Kier alpha value is -2.27. The predicted octanol–water partition coefficient (Wildman–Crippen LogP) is 5.11. The molecule has 0 aliphatic rings. The molecule has 0 aliphatic carbocycles. The largest absolute Gasteiger partial charge is 0.508 e. The van der Waals surface area contributed by atoms with Crippen molar-refractivity contribution in [3.63, 3.8) is 0 Å². The van der Waals surface area contributed by atoms with Crippen molar-refractivity contribution in [1.29, 1.82) is 0 Å². The normalized spacial score (nSPS) is 11.0. The molecule has 0 spiro atoms. The third-order valence-corrected chi connectivity index (χ3v) is 4.23. The van der Waals surface area contributed by atoms with Gasteiger partial charge in [-0.2, -0.15) is 0 Å². The molecule has 1 aromatic heterocycles. The van der Waals surface area contributed by atoms with Crippen LogP contribution in [0.1, 0.15) is 43.8 Å². The third kappa shape index (κ3) is 5.92. The molecular formula is C20H25ClN2O3. The molecule has 0 saturated carbocycles. The molecule has 0 saturated heterocycles. The van der Waals surface area contributed by atoms with Gasteiger partial charge in [0, 0.05) is 11.4 Å². The summed E-state index contributed by atoms with van der Waals surface area (Å²) in [4.78, 5) is 15.8. The van der Waals surface area contributed by atoms with E-state index in [-0.39, 0.29) is 6.61 Å². The van der Waals surface area contributed by atoms with Crippen LogP contribution in [0, 0.1) is 0 Å². The molecule has 140 valence electrons. The Morgan fingerprint density at radius 3 is 2.81 bits per heavy atom. The van der Waals surface area contributed by atoms with Crippen molar-refractivity contribution < 1.29 is 14.3 Å². The lowest BCUT2D eigenvalue weighted by Gasteiger charge is -2.12. The van der Waals surface area contributed by atoms with E-state index in [1.165, 1.54) is 0 Å². The van der Waals surface area contributed by atoms with Crippen LogP contribution in [0.25, 0.3) is 6.08 Å². The quantitative estimate of drug-likeness (QED) is 0.570. The lowest BCUT2D eigenvalue weighted by atomic mass is 10.2. The Morgan fingerprint density at radius 1 is 1.27 bits per heavy atom. The van der Waals surface area contributed by atoms with Gasteiger partial charge >= 0.3 is 6.16 Å². The molecule has 26 heavy (non-hydrogen) atoms. The summed E-state index contributed by atoms with van der Waals surface area (Å²) in [6, 6.07) is 7.81. The van der Waals surface area contributed by atoms with E-state index in [4.69, 9.17) is 21.1 Å². The van der Waals surface area contributed by atoms with E-state index in [1.807, 2.05) is 36.5 Å². The number of ether oxygens (including phenoxy) is 2. The van der Waals surface area contributed by atoms with Crippen LogP contribution in [0.3, 0.4) is 0 Å². The summed E-state index contributed by atoms with van der Waals surface area (Å²) in [5.74, 6) is 1.03. The highest BCUT2D eigenvalue weighted by molar-refractivity contribution is 6.31. The maximum absolute atomic E-state index is 11.2. The number of halogens is 1. The predicted molar refractivity (Wildman–Crippen MR) is 103 cm³/mol. The molecule has 0 atom stereocenters. The van der Waals surface area contributed by atoms with Gasteiger partial charge in [0.15, 0.2) is 0 Å². The molecule has 0 N–H and O–H groups in total. The van der Waals surface area contributed by atoms with Crippen molar-refractivity contribution in [2.24, 2.45) is 0 Å². The second-order valence-electron chi connectivity index (χ2n) is 5.78. The second-order valence-corrected chi connectivity index (χ2v) is 6.18. The summed E-state index contributed by atoms with van der Waals surface area (Å²) in [6.45, 7) is 5.00. The summed E-state index contributed by atoms with van der Waals surface area (Å²) >= 11 is 6.32. The summed E-state index contributed by atoms with van der Waals surface area (Å²) in [5, 5.41) is 0.739. The van der Waals surface area contributed by atoms with Crippen LogP contribution in [0.15, 0.2) is 36.5 Å². The van der Waals surface area contributed by atoms with E-state index in [2.05, 4.69) is 16.5 Å². The van der Waals surface area contributed by atoms with Gasteiger partial charge in [-0.3, -0.25) is 0 Å². The minimum absolute atomic E-state index is 0.153. The SMILES string of the molecule is CCCCc1ncc(/C=C/COC(=O)OCC)n1Cc1ccccc1Cl. The zero-order valence-electron chi connectivity index (χ0n) is 15.3. The van der Waals surface area contributed by atoms with Gasteiger partial charge in [0.25, 0.3) is 0 Å². The zero-order chi connectivity index (χ0) is 18.8. The standard InChI is InChI=1S/C20H25ClN2O3/c1-3-5-12-19-22-14-17(10-8-13-26-20(24)25-4-2)23(19)15-16-9-6-7-11-18(16)21/h6-11,14H,3-5,12-13,15H2,1-2H3/b10-8+. The van der Waals surface area contributed by atoms with Crippen LogP contribution in [0.5, 0.6) is 0 Å². The third-order valence-electron chi connectivity index (χ3n) is 3.86. The van der Waals surface area contributed by atoms with Gasteiger partial charge in [-0.1, -0.05) is 43.1 Å². The molecule has 0 radical (unpaired) electrons. The summed E-state index contributed by atoms with van der Waals surface area (Å²) < 4.78 is 11.8. The van der Waals surface area contributed by atoms with Gasteiger partial charge in [-0.05, 0) is 37.1 Å². The molecule has 2 rings (SSSR count). The van der Waals surface area contributed by atoms with Crippen molar-refractivity contribution in [2.45, 2.75) is 39.7 Å². The average molecular weight is 377 g/mol. The number of unbranched alkanes of at least 4 members (excludes halogenated alkanes) is 1. The lowest BCUT2D eigenvalue weighted by Crippen LogP contribution is -2.08. The van der Waals surface area contributed by atoms with Crippen molar-refractivity contribution in [2.75, 3.05) is 13.2 Å². The van der Waals surface area contributed by atoms with E-state index in [9.17, 15) is 4.79 Å². The van der Waals surface area contributed by atoms with Crippen LogP contribution in [0.4, 0.5) is 4.79 Å². The van der Waals surface area contributed by atoms with Crippen LogP contribution in [-0.4, -0.2) is 28.9 Å². The molecule has 6 heteroatoms. The highest BCUT2D eigenvalue weighted by atomic mass is 35.5. The van der Waals surface area contributed by atoms with Gasteiger partial charge in [0.05, 0.1) is 25.0 Å². The lowest BCUT2D eigenvalue weighted by molar-refractivity contribution is 0.0674. The first-order valence-electron chi connectivity index (χ1n) is 8.89. The van der Waals surface area contributed by atoms with E-state index in [0.717, 1.165) is 41.4 Å². The van der Waals surface area contributed by atoms with Crippen LogP contribution in [-0.2, 0) is 22.4 Å². The van der Waals surface area contributed by atoms with Crippen molar-refractivity contribution in [1.82, 2.24) is 9.55 Å². The number of aromatic nitrogens is 2. The highest BCUT2D eigenvalue weighted by Crippen LogP contribution is 2.19. The van der Waals surface area contributed by atoms with E-state index < -0.39 is 6.16 Å². The van der Waals surface area contributed by atoms with Crippen molar-refractivity contribution >= 4 is 23.8 Å². The van der Waals surface area contributed by atoms with Gasteiger partial charge in [0.2, 0.25) is 0 Å². The fourth-order valence-corrected chi connectivity index (χ4v) is 2.72. The van der Waals surface area contributed by atoms with E-state index in [0.29, 0.717) is 13.2 Å². The summed E-state index contributed by atoms with van der Waals surface area (Å²) in [5.41, 5.74) is 1.99. The Morgan fingerprint density at radius 2 is 2.08 bits per heavy atom. The molecule has 0 bridgehead atoms. The molecular weight excluding hydrogens is 352 g/mol. The van der Waals surface area contributed by atoms with Crippen molar-refractivity contribution in [3.05, 3.63) is 58.6 Å². The Balaban J connectivity index is 2.13. The van der Waals surface area contributed by atoms with Crippen molar-refractivity contribution in [3.8, 4) is 0 Å². The summed E-state index contributed by atoms with van der Waals surface area (Å²) in [6.07, 6.45) is 7.95. The minimum atomic E-state index is -0.662. The van der Waals surface area contributed by atoms with Crippen LogP contribution < -0.4 is 0 Å². The van der Waals surface area contributed by atoms with Gasteiger partial charge < -0.3 is 14.0 Å². The highest BCUT2D eigenvalue weighted by Gasteiger charge is 2.10. The number of imidazole rings is 1. The van der Waals surface area contributed by atoms with E-state index in [1.54, 1.807) is 13.0 Å². The fraction of sp³-hybridized carbons (Fsp3) is 0.400. The molecule has 0 aliphatic heterocycles. The number of hydrogen-bond donors (Lipinski definition) is 0. The Labute approximate surface area is 159 Å². The minimum Gasteiger partial charge on any atom is -0.435 e. The number of aryl methyl sites for hydroxylation is 1. The number of carbonyl (C=O) groups is 1.